The van der Waals surface area contributed by atoms with Gasteiger partial charge in [-0.15, -0.1) is 0 Å². The zero-order valence-corrected chi connectivity index (χ0v) is 15.4. The molecule has 1 unspecified atom stereocenters. The predicted octanol–water partition coefficient (Wildman–Crippen LogP) is 4.78. The first-order valence-corrected chi connectivity index (χ1v) is 9.44. The Kier molecular flexibility index (Phi) is 4.19. The smallest absolute Gasteiger partial charge is 0.226 e. The van der Waals surface area contributed by atoms with E-state index >= 15 is 0 Å². The van der Waals surface area contributed by atoms with Crippen LogP contribution in [0.15, 0.2) is 54.7 Å². The monoisotopic (exact) mass is 379 g/mol. The number of benzene rings is 2. The van der Waals surface area contributed by atoms with Crippen molar-refractivity contribution in [2.24, 2.45) is 0 Å². The number of ether oxygens (including phenoxy) is 2. The maximum absolute atomic E-state index is 6.21. The van der Waals surface area contributed by atoms with E-state index in [4.69, 9.17) is 26.2 Å². The van der Waals surface area contributed by atoms with E-state index in [1.165, 1.54) is 0 Å². The summed E-state index contributed by atoms with van der Waals surface area (Å²) in [6, 6.07) is 15.6. The van der Waals surface area contributed by atoms with Gasteiger partial charge in [0.05, 0.1) is 22.7 Å². The van der Waals surface area contributed by atoms with Crippen molar-refractivity contribution in [2.45, 2.75) is 18.9 Å². The third-order valence-electron chi connectivity index (χ3n) is 4.87. The van der Waals surface area contributed by atoms with Gasteiger partial charge in [-0.05, 0) is 43.2 Å². The van der Waals surface area contributed by atoms with E-state index in [1.54, 1.807) is 0 Å². The molecule has 0 saturated carbocycles. The van der Waals surface area contributed by atoms with Crippen LogP contribution in [0, 0.1) is 0 Å². The molecule has 5 nitrogen and oxygen atoms in total. The molecule has 1 fully saturated rings. The predicted molar refractivity (Wildman–Crippen MR) is 106 cm³/mol. The van der Waals surface area contributed by atoms with E-state index in [1.807, 2.05) is 59.4 Å². The molecule has 0 spiro atoms. The zero-order chi connectivity index (χ0) is 18.2. The molecule has 4 aromatic rings. The lowest BCUT2D eigenvalue weighted by atomic mass is 10.2. The minimum atomic E-state index is 0.127. The van der Waals surface area contributed by atoms with Crippen LogP contribution in [0.25, 0.3) is 27.5 Å². The van der Waals surface area contributed by atoms with Crippen molar-refractivity contribution < 1.29 is 9.47 Å². The summed E-state index contributed by atoms with van der Waals surface area (Å²) in [5.74, 6) is 0.682. The highest BCUT2D eigenvalue weighted by Crippen LogP contribution is 2.33. The van der Waals surface area contributed by atoms with Gasteiger partial charge < -0.3 is 9.47 Å². The summed E-state index contributed by atoms with van der Waals surface area (Å²) < 4.78 is 13.7. The number of nitrogens with zero attached hydrogens (tertiary/aromatic N) is 3. The number of para-hydroxylation sites is 1. The van der Waals surface area contributed by atoms with Crippen molar-refractivity contribution in [3.05, 3.63) is 59.8 Å². The van der Waals surface area contributed by atoms with E-state index in [0.29, 0.717) is 17.5 Å². The Morgan fingerprint density at radius 1 is 1.11 bits per heavy atom. The molecule has 0 amide bonds. The standard InChI is InChI=1S/C21H18ClN3O2/c22-14-7-9-15(10-8-14)25-21(27-13-16-4-3-11-26-16)18-12-23-19-6-2-1-5-17(19)20(18)24-25/h1-2,5-10,12,16H,3-4,11,13H2. The average molecular weight is 380 g/mol. The summed E-state index contributed by atoms with van der Waals surface area (Å²) in [5.41, 5.74) is 2.68. The van der Waals surface area contributed by atoms with Gasteiger partial charge in [0.1, 0.15) is 12.1 Å². The van der Waals surface area contributed by atoms with E-state index in [9.17, 15) is 0 Å². The normalized spacial score (nSPS) is 17.0. The lowest BCUT2D eigenvalue weighted by Crippen LogP contribution is -2.17. The summed E-state index contributed by atoms with van der Waals surface area (Å²) in [7, 11) is 0. The second-order valence-corrected chi connectivity index (χ2v) is 7.11. The average Bonchev–Trinajstić information content (AvgIpc) is 3.34. The van der Waals surface area contributed by atoms with E-state index < -0.39 is 0 Å². The quantitative estimate of drug-likeness (QED) is 0.511. The first kappa shape index (κ1) is 16.5. The lowest BCUT2D eigenvalue weighted by molar-refractivity contribution is 0.0659. The number of hydrogen-bond donors (Lipinski definition) is 0. The van der Waals surface area contributed by atoms with Crippen LogP contribution in [0.1, 0.15) is 12.8 Å². The molecule has 5 rings (SSSR count). The topological polar surface area (TPSA) is 49.2 Å². The molecule has 1 aliphatic rings. The molecule has 1 aliphatic heterocycles. The SMILES string of the molecule is Clc1ccc(-n2nc3c(cnc4ccccc43)c2OCC2CCCO2)cc1. The van der Waals surface area contributed by atoms with Crippen molar-refractivity contribution >= 4 is 33.4 Å². The first-order chi connectivity index (χ1) is 13.3. The fourth-order valence-electron chi connectivity index (χ4n) is 3.49. The van der Waals surface area contributed by atoms with Gasteiger partial charge in [0.15, 0.2) is 0 Å². The third kappa shape index (κ3) is 3.03. The summed E-state index contributed by atoms with van der Waals surface area (Å²) in [5, 5.41) is 7.43. The highest BCUT2D eigenvalue weighted by Gasteiger charge is 2.21. The second-order valence-electron chi connectivity index (χ2n) is 6.68. The van der Waals surface area contributed by atoms with Gasteiger partial charge in [-0.1, -0.05) is 29.8 Å². The van der Waals surface area contributed by atoms with Crippen LogP contribution in [-0.4, -0.2) is 34.1 Å². The maximum atomic E-state index is 6.21. The first-order valence-electron chi connectivity index (χ1n) is 9.06. The summed E-state index contributed by atoms with van der Waals surface area (Å²) in [4.78, 5) is 4.59. The van der Waals surface area contributed by atoms with Gasteiger partial charge in [-0.3, -0.25) is 4.98 Å². The summed E-state index contributed by atoms with van der Waals surface area (Å²) in [6.07, 6.45) is 4.06. The van der Waals surface area contributed by atoms with Gasteiger partial charge in [-0.2, -0.15) is 9.78 Å². The molecule has 2 aromatic heterocycles. The number of halogens is 1. The molecule has 0 aliphatic carbocycles. The number of pyridine rings is 1. The zero-order valence-electron chi connectivity index (χ0n) is 14.6. The Labute approximate surface area is 161 Å². The molecule has 1 atom stereocenters. The number of aromatic nitrogens is 3. The van der Waals surface area contributed by atoms with Crippen LogP contribution in [-0.2, 0) is 4.74 Å². The van der Waals surface area contributed by atoms with Crippen LogP contribution in [0.4, 0.5) is 0 Å². The number of fused-ring (bicyclic) bond motifs is 3. The molecule has 27 heavy (non-hydrogen) atoms. The molecule has 2 aromatic carbocycles. The molecule has 136 valence electrons. The maximum Gasteiger partial charge on any atom is 0.226 e. The third-order valence-corrected chi connectivity index (χ3v) is 5.12. The molecule has 0 N–H and O–H groups in total. The minimum absolute atomic E-state index is 0.127. The second kappa shape index (κ2) is 6.83. The van der Waals surface area contributed by atoms with Crippen LogP contribution < -0.4 is 4.74 Å². The minimum Gasteiger partial charge on any atom is -0.474 e. The molecule has 3 heterocycles. The number of hydrogen-bond acceptors (Lipinski definition) is 4. The molecular weight excluding hydrogens is 362 g/mol. The van der Waals surface area contributed by atoms with Crippen LogP contribution in [0.3, 0.4) is 0 Å². The Balaban J connectivity index is 1.66. The van der Waals surface area contributed by atoms with Gasteiger partial charge in [0.25, 0.3) is 0 Å². The van der Waals surface area contributed by atoms with E-state index in [2.05, 4.69) is 4.98 Å². The summed E-state index contributed by atoms with van der Waals surface area (Å²) >= 11 is 6.06. The van der Waals surface area contributed by atoms with Crippen LogP contribution in [0.5, 0.6) is 5.88 Å². The number of rotatable bonds is 4. The Bertz CT molecular complexity index is 1100. The molecule has 6 heteroatoms. The Morgan fingerprint density at radius 3 is 2.78 bits per heavy atom. The van der Waals surface area contributed by atoms with Crippen LogP contribution >= 0.6 is 11.6 Å². The van der Waals surface area contributed by atoms with Crippen molar-refractivity contribution in [3.8, 4) is 11.6 Å². The fourth-order valence-corrected chi connectivity index (χ4v) is 3.62. The van der Waals surface area contributed by atoms with Gasteiger partial charge in [-0.25, -0.2) is 0 Å². The molecule has 0 radical (unpaired) electrons. The van der Waals surface area contributed by atoms with Crippen molar-refractivity contribution in [1.29, 1.82) is 0 Å². The largest absolute Gasteiger partial charge is 0.474 e. The highest BCUT2D eigenvalue weighted by atomic mass is 35.5. The molecule has 1 saturated heterocycles. The van der Waals surface area contributed by atoms with E-state index in [0.717, 1.165) is 46.9 Å². The molecule has 0 bridgehead atoms. The highest BCUT2D eigenvalue weighted by molar-refractivity contribution is 6.30. The Hall–Kier alpha value is -2.63. The fraction of sp³-hybridized carbons (Fsp3) is 0.238. The van der Waals surface area contributed by atoms with Crippen molar-refractivity contribution in [3.63, 3.8) is 0 Å². The van der Waals surface area contributed by atoms with Crippen molar-refractivity contribution in [2.75, 3.05) is 13.2 Å². The lowest BCUT2D eigenvalue weighted by Gasteiger charge is -2.13. The summed E-state index contributed by atoms with van der Waals surface area (Å²) in [6.45, 7) is 1.30. The van der Waals surface area contributed by atoms with Gasteiger partial charge in [0, 0.05) is 23.2 Å². The van der Waals surface area contributed by atoms with Crippen LogP contribution in [0.2, 0.25) is 5.02 Å². The van der Waals surface area contributed by atoms with Gasteiger partial charge >= 0.3 is 0 Å². The van der Waals surface area contributed by atoms with Gasteiger partial charge in [0.2, 0.25) is 5.88 Å². The Morgan fingerprint density at radius 2 is 1.96 bits per heavy atom. The van der Waals surface area contributed by atoms with Crippen molar-refractivity contribution in [1.82, 2.24) is 14.8 Å². The molecular formula is C21H18ClN3O2. The van der Waals surface area contributed by atoms with E-state index in [-0.39, 0.29) is 6.10 Å².